The number of aryl methyl sites for hydroxylation is 1. The third-order valence-corrected chi connectivity index (χ3v) is 3.54. The van der Waals surface area contributed by atoms with Crippen LogP contribution in [0.2, 0.25) is 0 Å². The van der Waals surface area contributed by atoms with Crippen LogP contribution >= 0.6 is 11.3 Å². The Morgan fingerprint density at radius 1 is 1.62 bits per heavy atom. The van der Waals surface area contributed by atoms with E-state index < -0.39 is 5.97 Å². The molecule has 88 valence electrons. The average molecular weight is 239 g/mol. The predicted octanol–water partition coefficient (Wildman–Crippen LogP) is 2.74. The lowest BCUT2D eigenvalue weighted by molar-refractivity contribution is -0.132. The zero-order valence-corrected chi connectivity index (χ0v) is 10.6. The van der Waals surface area contributed by atoms with E-state index in [2.05, 4.69) is 31.3 Å². The summed E-state index contributed by atoms with van der Waals surface area (Å²) in [5, 5.41) is 11.9. The first-order valence-electron chi connectivity index (χ1n) is 5.20. The molecule has 0 aliphatic rings. The third kappa shape index (κ3) is 3.79. The van der Waals surface area contributed by atoms with Gasteiger partial charge in [-0.2, -0.15) is 0 Å². The molecule has 16 heavy (non-hydrogen) atoms. The summed E-state index contributed by atoms with van der Waals surface area (Å²) in [6.07, 6.45) is 1.69. The molecule has 2 N–H and O–H groups in total. The maximum atomic E-state index is 10.6. The van der Waals surface area contributed by atoms with Crippen molar-refractivity contribution >= 4 is 17.3 Å². The van der Waals surface area contributed by atoms with E-state index in [0.717, 1.165) is 0 Å². The second-order valence-electron chi connectivity index (χ2n) is 3.77. The molecule has 0 fully saturated rings. The SMILES string of the molecule is C/C(=C/CNC(C)c1ccc(C)s1)C(=O)O. The number of nitrogens with one attached hydrogen (secondary N) is 1. The maximum absolute atomic E-state index is 10.6. The standard InChI is InChI=1S/C12H17NO2S/c1-8(12(14)15)6-7-13-10(3)11-5-4-9(2)16-11/h4-6,10,13H,7H2,1-3H3,(H,14,15)/b8-6-. The van der Waals surface area contributed by atoms with Crippen molar-refractivity contribution in [3.63, 3.8) is 0 Å². The molecule has 3 nitrogen and oxygen atoms in total. The largest absolute Gasteiger partial charge is 0.478 e. The van der Waals surface area contributed by atoms with Gasteiger partial charge in [-0.25, -0.2) is 4.79 Å². The minimum absolute atomic E-state index is 0.261. The summed E-state index contributed by atoms with van der Waals surface area (Å²) in [5.74, 6) is -0.860. The summed E-state index contributed by atoms with van der Waals surface area (Å²) in [5.41, 5.74) is 0.377. The molecular formula is C12H17NO2S. The van der Waals surface area contributed by atoms with Crippen LogP contribution in [0.1, 0.15) is 29.6 Å². The van der Waals surface area contributed by atoms with Crippen LogP contribution in [0, 0.1) is 6.92 Å². The minimum Gasteiger partial charge on any atom is -0.478 e. The normalized spacial score (nSPS) is 13.8. The molecule has 1 heterocycles. The molecule has 0 aliphatic carbocycles. The minimum atomic E-state index is -0.860. The number of aliphatic carboxylic acids is 1. The average Bonchev–Trinajstić information content (AvgIpc) is 2.64. The number of carbonyl (C=O) groups is 1. The van der Waals surface area contributed by atoms with Crippen molar-refractivity contribution in [2.45, 2.75) is 26.8 Å². The predicted molar refractivity (Wildman–Crippen MR) is 66.9 cm³/mol. The van der Waals surface area contributed by atoms with Gasteiger partial charge >= 0.3 is 5.97 Å². The molecule has 0 aromatic carbocycles. The fourth-order valence-corrected chi connectivity index (χ4v) is 2.17. The second-order valence-corrected chi connectivity index (χ2v) is 5.09. The summed E-state index contributed by atoms with van der Waals surface area (Å²) in [6, 6.07) is 4.46. The number of hydrogen-bond donors (Lipinski definition) is 2. The number of carboxylic acids is 1. The molecule has 0 saturated heterocycles. The van der Waals surface area contributed by atoms with Crippen LogP contribution in [-0.2, 0) is 4.79 Å². The molecule has 0 bridgehead atoms. The molecule has 1 aromatic rings. The van der Waals surface area contributed by atoms with Crippen LogP contribution in [0.4, 0.5) is 0 Å². The van der Waals surface area contributed by atoms with Gasteiger partial charge in [0, 0.05) is 27.9 Å². The Hall–Kier alpha value is -1.13. The number of thiophene rings is 1. The van der Waals surface area contributed by atoms with Crippen LogP contribution in [0.3, 0.4) is 0 Å². The van der Waals surface area contributed by atoms with Crippen LogP contribution in [0.15, 0.2) is 23.8 Å². The number of hydrogen-bond acceptors (Lipinski definition) is 3. The lowest BCUT2D eigenvalue weighted by Gasteiger charge is -2.09. The Morgan fingerprint density at radius 3 is 2.81 bits per heavy atom. The Bertz CT molecular complexity index is 395. The van der Waals surface area contributed by atoms with E-state index in [1.54, 1.807) is 24.3 Å². The Balaban J connectivity index is 2.44. The van der Waals surface area contributed by atoms with E-state index in [0.29, 0.717) is 12.1 Å². The van der Waals surface area contributed by atoms with Crippen LogP contribution < -0.4 is 5.32 Å². The van der Waals surface area contributed by atoms with E-state index >= 15 is 0 Å². The molecule has 0 amide bonds. The first-order valence-corrected chi connectivity index (χ1v) is 6.02. The van der Waals surface area contributed by atoms with Crippen LogP contribution in [0.25, 0.3) is 0 Å². The van der Waals surface area contributed by atoms with Gasteiger partial charge in [0.1, 0.15) is 0 Å². The highest BCUT2D eigenvalue weighted by molar-refractivity contribution is 7.12. The van der Waals surface area contributed by atoms with Gasteiger partial charge in [0.15, 0.2) is 0 Å². The second kappa shape index (κ2) is 5.82. The molecule has 0 radical (unpaired) electrons. The molecule has 0 spiro atoms. The zero-order chi connectivity index (χ0) is 12.1. The van der Waals surface area contributed by atoms with Crippen molar-refractivity contribution in [2.24, 2.45) is 0 Å². The van der Waals surface area contributed by atoms with Gasteiger partial charge in [-0.3, -0.25) is 0 Å². The van der Waals surface area contributed by atoms with Crippen molar-refractivity contribution in [1.82, 2.24) is 5.32 Å². The molecule has 1 unspecified atom stereocenters. The van der Waals surface area contributed by atoms with Gasteiger partial charge in [0.25, 0.3) is 0 Å². The number of carboxylic acid groups (broad SMARTS) is 1. The molecule has 1 rings (SSSR count). The van der Waals surface area contributed by atoms with E-state index in [9.17, 15) is 4.79 Å². The molecule has 4 heteroatoms. The first-order chi connectivity index (χ1) is 7.50. The number of rotatable bonds is 5. The van der Waals surface area contributed by atoms with Gasteiger partial charge in [-0.1, -0.05) is 6.08 Å². The molecule has 0 aliphatic heterocycles. The van der Waals surface area contributed by atoms with E-state index in [-0.39, 0.29) is 6.04 Å². The highest BCUT2D eigenvalue weighted by Crippen LogP contribution is 2.21. The smallest absolute Gasteiger partial charge is 0.330 e. The third-order valence-electron chi connectivity index (χ3n) is 2.36. The molecule has 1 atom stereocenters. The summed E-state index contributed by atoms with van der Waals surface area (Å²) in [4.78, 5) is 13.1. The van der Waals surface area contributed by atoms with E-state index in [1.165, 1.54) is 9.75 Å². The molecule has 0 saturated carbocycles. The van der Waals surface area contributed by atoms with Gasteiger partial charge in [0.05, 0.1) is 0 Å². The monoisotopic (exact) mass is 239 g/mol. The van der Waals surface area contributed by atoms with Crippen molar-refractivity contribution in [3.8, 4) is 0 Å². The summed E-state index contributed by atoms with van der Waals surface area (Å²) < 4.78 is 0. The lowest BCUT2D eigenvalue weighted by Crippen LogP contribution is -2.18. The topological polar surface area (TPSA) is 49.3 Å². The van der Waals surface area contributed by atoms with Crippen molar-refractivity contribution < 1.29 is 9.90 Å². The van der Waals surface area contributed by atoms with E-state index in [1.807, 2.05) is 0 Å². The highest BCUT2D eigenvalue weighted by atomic mass is 32.1. The fourth-order valence-electron chi connectivity index (χ4n) is 1.26. The quantitative estimate of drug-likeness (QED) is 0.777. The van der Waals surface area contributed by atoms with Gasteiger partial charge in [0.2, 0.25) is 0 Å². The molecular weight excluding hydrogens is 222 g/mol. The Labute approximate surface area is 99.8 Å². The van der Waals surface area contributed by atoms with Crippen LogP contribution in [-0.4, -0.2) is 17.6 Å². The first kappa shape index (κ1) is 12.9. The summed E-state index contributed by atoms with van der Waals surface area (Å²) in [6.45, 7) is 6.34. The van der Waals surface area contributed by atoms with Crippen molar-refractivity contribution in [1.29, 1.82) is 0 Å². The van der Waals surface area contributed by atoms with Crippen molar-refractivity contribution in [2.75, 3.05) is 6.54 Å². The van der Waals surface area contributed by atoms with Gasteiger partial charge in [-0.15, -0.1) is 11.3 Å². The Kier molecular flexibility index (Phi) is 4.71. The Morgan fingerprint density at radius 2 is 2.31 bits per heavy atom. The molecule has 1 aromatic heterocycles. The fraction of sp³-hybridized carbons (Fsp3) is 0.417. The van der Waals surface area contributed by atoms with E-state index in [4.69, 9.17) is 5.11 Å². The zero-order valence-electron chi connectivity index (χ0n) is 9.78. The maximum Gasteiger partial charge on any atom is 0.330 e. The van der Waals surface area contributed by atoms with Gasteiger partial charge in [-0.05, 0) is 32.9 Å². The summed E-state index contributed by atoms with van der Waals surface area (Å²) in [7, 11) is 0. The van der Waals surface area contributed by atoms with Crippen molar-refractivity contribution in [3.05, 3.63) is 33.5 Å². The summed E-state index contributed by atoms with van der Waals surface area (Å²) >= 11 is 1.76. The lowest BCUT2D eigenvalue weighted by atomic mass is 10.2. The highest BCUT2D eigenvalue weighted by Gasteiger charge is 2.06. The van der Waals surface area contributed by atoms with Crippen LogP contribution in [0.5, 0.6) is 0 Å². The van der Waals surface area contributed by atoms with Gasteiger partial charge < -0.3 is 10.4 Å².